The summed E-state index contributed by atoms with van der Waals surface area (Å²) in [5, 5.41) is 3.86. The molecule has 4 nitrogen and oxygen atoms in total. The van der Waals surface area contributed by atoms with Gasteiger partial charge in [0.1, 0.15) is 0 Å². The van der Waals surface area contributed by atoms with Crippen LogP contribution in [-0.2, 0) is 0 Å². The number of guanidine groups is 1. The van der Waals surface area contributed by atoms with Gasteiger partial charge in [0.15, 0.2) is 0 Å². The minimum atomic E-state index is 0.0662. The molecule has 1 aromatic carbocycles. The maximum Gasteiger partial charge on any atom is 0.226 e. The van der Waals surface area contributed by atoms with Gasteiger partial charge in [-0.15, -0.1) is 4.51 Å². The fraction of sp³-hybridized carbons (Fsp3) is 0.111. The molecule has 0 atom stereocenters. The van der Waals surface area contributed by atoms with Crippen LogP contribution in [0.2, 0.25) is 0 Å². The first-order valence-corrected chi connectivity index (χ1v) is 4.37. The Morgan fingerprint density at radius 2 is 2.21 bits per heavy atom. The van der Waals surface area contributed by atoms with Crippen LogP contribution < -0.4 is 11.2 Å². The third-order valence-electron chi connectivity index (χ3n) is 1.66. The molecule has 0 bridgehead atoms. The first-order valence-electron chi connectivity index (χ1n) is 4.03. The lowest BCUT2D eigenvalue weighted by Gasteiger charge is -1.98. The lowest BCUT2D eigenvalue weighted by molar-refractivity contribution is 1.02. The van der Waals surface area contributed by atoms with Crippen molar-refractivity contribution in [3.8, 4) is 0 Å². The molecule has 0 saturated heterocycles. The number of nitrogens with one attached hydrogen (secondary N) is 1. The molecule has 14 heavy (non-hydrogen) atoms. The van der Waals surface area contributed by atoms with E-state index in [4.69, 9.17) is 17.5 Å². The first-order chi connectivity index (χ1) is 6.74. The maximum absolute atomic E-state index is 5.27. The molecule has 0 amide bonds. The molecule has 74 valence electrons. The Morgan fingerprint density at radius 1 is 1.50 bits per heavy atom. The normalized spacial score (nSPS) is 12.0. The molecule has 3 N–H and O–H groups in total. The zero-order chi connectivity index (χ0) is 10.4. The minimum Gasteiger partial charge on any atom is -0.367 e. The molecule has 0 aliphatic carbocycles. The summed E-state index contributed by atoms with van der Waals surface area (Å²) < 4.78 is 3.18. The van der Waals surface area contributed by atoms with Gasteiger partial charge in [-0.1, -0.05) is 24.3 Å². The Morgan fingerprint density at radius 3 is 2.86 bits per heavy atom. The van der Waals surface area contributed by atoms with Crippen LogP contribution in [0.5, 0.6) is 0 Å². The van der Waals surface area contributed by atoms with Gasteiger partial charge in [-0.05, 0) is 18.1 Å². The van der Waals surface area contributed by atoms with E-state index in [9.17, 15) is 0 Å². The van der Waals surface area contributed by atoms with E-state index in [0.29, 0.717) is 0 Å². The molecule has 0 aromatic heterocycles. The number of benzene rings is 1. The van der Waals surface area contributed by atoms with Gasteiger partial charge >= 0.3 is 0 Å². The van der Waals surface area contributed by atoms with E-state index in [-0.39, 0.29) is 5.96 Å². The number of aryl methyl sites for hydroxylation is 1. The van der Waals surface area contributed by atoms with Crippen molar-refractivity contribution >= 4 is 24.0 Å². The van der Waals surface area contributed by atoms with Crippen LogP contribution in [0, 0.1) is 6.92 Å². The molecule has 5 heteroatoms. The number of nitrogens with zero attached hydrogens (tertiary/aromatic N) is 2. The molecule has 0 saturated carbocycles. The van der Waals surface area contributed by atoms with Crippen molar-refractivity contribution in [1.82, 2.24) is 5.43 Å². The highest BCUT2D eigenvalue weighted by atomic mass is 35.5. The molecule has 0 heterocycles. The van der Waals surface area contributed by atoms with Crippen LogP contribution in [0.15, 0.2) is 33.9 Å². The second-order valence-corrected chi connectivity index (χ2v) is 2.87. The quantitative estimate of drug-likeness (QED) is 0.440. The van der Waals surface area contributed by atoms with Gasteiger partial charge in [0.05, 0.1) is 6.21 Å². The van der Waals surface area contributed by atoms with E-state index in [0.717, 1.165) is 11.1 Å². The molecule has 0 radical (unpaired) electrons. The predicted molar refractivity (Wildman–Crippen MR) is 59.4 cm³/mol. The van der Waals surface area contributed by atoms with Crippen LogP contribution >= 0.6 is 11.8 Å². The summed E-state index contributed by atoms with van der Waals surface area (Å²) in [5.74, 6) is 0.0662. The fourth-order valence-corrected chi connectivity index (χ4v) is 0.956. The summed E-state index contributed by atoms with van der Waals surface area (Å²) >= 11 is 5.09. The highest BCUT2D eigenvalue weighted by Crippen LogP contribution is 2.02. The molecule has 0 unspecified atom stereocenters. The average molecular weight is 211 g/mol. The summed E-state index contributed by atoms with van der Waals surface area (Å²) in [4.78, 5) is 0. The standard InChI is InChI=1S/C9H11ClN4/c1-7-4-2-3-5-8(7)6-12-14-9(11)13-10/h2-6H,1H3,(H3,11,13,14). The van der Waals surface area contributed by atoms with Gasteiger partial charge < -0.3 is 5.73 Å². The van der Waals surface area contributed by atoms with Crippen LogP contribution in [0.4, 0.5) is 0 Å². The Balaban J connectivity index is 2.65. The van der Waals surface area contributed by atoms with Crippen molar-refractivity contribution in [3.63, 3.8) is 0 Å². The van der Waals surface area contributed by atoms with E-state index in [2.05, 4.69) is 15.0 Å². The number of nitrogens with two attached hydrogens (primary N) is 1. The lowest BCUT2D eigenvalue weighted by atomic mass is 10.1. The first kappa shape index (κ1) is 10.5. The van der Waals surface area contributed by atoms with Gasteiger partial charge in [-0.3, -0.25) is 0 Å². The van der Waals surface area contributed by atoms with Crippen LogP contribution in [-0.4, -0.2) is 12.2 Å². The Hall–Kier alpha value is -1.55. The largest absolute Gasteiger partial charge is 0.367 e. The molecule has 1 rings (SSSR count). The van der Waals surface area contributed by atoms with Gasteiger partial charge in [-0.2, -0.15) is 5.10 Å². The second kappa shape index (κ2) is 5.24. The third-order valence-corrected chi connectivity index (χ3v) is 1.84. The fourth-order valence-electron chi connectivity index (χ4n) is 0.918. The molecule has 1 aromatic rings. The van der Waals surface area contributed by atoms with Crippen molar-refractivity contribution in [2.75, 3.05) is 0 Å². The highest BCUT2D eigenvalue weighted by molar-refractivity contribution is 6.19. The van der Waals surface area contributed by atoms with E-state index in [1.54, 1.807) is 6.21 Å². The van der Waals surface area contributed by atoms with E-state index in [1.807, 2.05) is 31.2 Å². The summed E-state index contributed by atoms with van der Waals surface area (Å²) in [6.07, 6.45) is 1.66. The third kappa shape index (κ3) is 3.06. The number of halogens is 1. The van der Waals surface area contributed by atoms with Gasteiger partial charge in [-0.25, -0.2) is 5.43 Å². The van der Waals surface area contributed by atoms with Gasteiger partial charge in [0.25, 0.3) is 0 Å². The Labute approximate surface area is 87.6 Å². The predicted octanol–water partition coefficient (Wildman–Crippen LogP) is 1.39. The summed E-state index contributed by atoms with van der Waals surface area (Å²) in [7, 11) is 0. The van der Waals surface area contributed by atoms with Crippen LogP contribution in [0.1, 0.15) is 11.1 Å². The molecular weight excluding hydrogens is 200 g/mol. The smallest absolute Gasteiger partial charge is 0.226 e. The number of rotatable bonds is 2. The SMILES string of the molecule is Cc1ccccc1C=NN/C(N)=N/Cl. The Kier molecular flexibility index (Phi) is 3.94. The van der Waals surface area contributed by atoms with Crippen molar-refractivity contribution in [3.05, 3.63) is 35.4 Å². The van der Waals surface area contributed by atoms with Gasteiger partial charge in [0, 0.05) is 11.8 Å². The zero-order valence-electron chi connectivity index (χ0n) is 7.74. The summed E-state index contributed by atoms with van der Waals surface area (Å²) in [6, 6.07) is 7.86. The Bertz CT molecular complexity index is 360. The average Bonchev–Trinajstić information content (AvgIpc) is 2.20. The van der Waals surface area contributed by atoms with Gasteiger partial charge in [0.2, 0.25) is 5.96 Å². The van der Waals surface area contributed by atoms with E-state index >= 15 is 0 Å². The number of hydrazone groups is 1. The molecule has 0 aliphatic heterocycles. The van der Waals surface area contributed by atoms with E-state index < -0.39 is 0 Å². The molecule has 0 spiro atoms. The maximum atomic E-state index is 5.27. The van der Waals surface area contributed by atoms with E-state index in [1.165, 1.54) is 0 Å². The van der Waals surface area contributed by atoms with Crippen LogP contribution in [0.25, 0.3) is 0 Å². The molecule has 0 fully saturated rings. The number of hydrogen-bond acceptors (Lipinski definition) is 2. The van der Waals surface area contributed by atoms with Crippen LogP contribution in [0.3, 0.4) is 0 Å². The monoisotopic (exact) mass is 210 g/mol. The number of hydrogen-bond donors (Lipinski definition) is 2. The van der Waals surface area contributed by atoms with Crippen molar-refractivity contribution < 1.29 is 0 Å². The lowest BCUT2D eigenvalue weighted by Crippen LogP contribution is -2.26. The molecular formula is C9H11ClN4. The highest BCUT2D eigenvalue weighted by Gasteiger charge is 1.91. The molecule has 0 aliphatic rings. The second-order valence-electron chi connectivity index (χ2n) is 2.70. The minimum absolute atomic E-state index is 0.0662. The zero-order valence-corrected chi connectivity index (χ0v) is 8.49. The summed E-state index contributed by atoms with van der Waals surface area (Å²) in [5.41, 5.74) is 9.90. The van der Waals surface area contributed by atoms with Crippen molar-refractivity contribution in [2.24, 2.45) is 15.3 Å². The topological polar surface area (TPSA) is 62.8 Å². The summed E-state index contributed by atoms with van der Waals surface area (Å²) in [6.45, 7) is 2.00. The van der Waals surface area contributed by atoms with Crippen molar-refractivity contribution in [1.29, 1.82) is 0 Å². The van der Waals surface area contributed by atoms with Crippen molar-refractivity contribution in [2.45, 2.75) is 6.92 Å².